The van der Waals surface area contributed by atoms with Crippen LogP contribution in [0.2, 0.25) is 0 Å². The first-order valence-electron chi connectivity index (χ1n) is 19.8. The lowest BCUT2D eigenvalue weighted by Crippen LogP contribution is -2.15. The van der Waals surface area contributed by atoms with Gasteiger partial charge in [-0.3, -0.25) is 0 Å². The summed E-state index contributed by atoms with van der Waals surface area (Å²) in [5, 5.41) is 4.67. The van der Waals surface area contributed by atoms with Crippen molar-refractivity contribution in [3.63, 3.8) is 0 Å². The van der Waals surface area contributed by atoms with Crippen LogP contribution in [0.3, 0.4) is 0 Å². The number of hydrogen-bond donors (Lipinski definition) is 0. The van der Waals surface area contributed by atoms with Crippen LogP contribution in [-0.4, -0.2) is 0 Å². The Hall–Kier alpha value is -7.16. The molecule has 57 heavy (non-hydrogen) atoms. The third kappa shape index (κ3) is 5.33. The quantitative estimate of drug-likeness (QED) is 0.169. The van der Waals surface area contributed by atoms with Crippen LogP contribution in [0.25, 0.3) is 77.2 Å². The van der Waals surface area contributed by atoms with Crippen LogP contribution in [-0.2, 0) is 5.41 Å². The largest absolute Gasteiger partial charge is 0.456 e. The number of fused-ring (bicyclic) bond motifs is 7. The van der Waals surface area contributed by atoms with Gasteiger partial charge in [0.2, 0.25) is 0 Å². The average molecular weight is 730 g/mol. The van der Waals surface area contributed by atoms with Gasteiger partial charge in [0.15, 0.2) is 0 Å². The highest BCUT2D eigenvalue weighted by Gasteiger charge is 2.35. The topological polar surface area (TPSA) is 16.4 Å². The maximum atomic E-state index is 6.35. The minimum Gasteiger partial charge on any atom is -0.456 e. The average Bonchev–Trinajstić information content (AvgIpc) is 3.76. The first-order chi connectivity index (χ1) is 28.0. The van der Waals surface area contributed by atoms with Gasteiger partial charge in [0.1, 0.15) is 11.2 Å². The Balaban J connectivity index is 1.18. The van der Waals surface area contributed by atoms with Crippen LogP contribution in [0.15, 0.2) is 205 Å². The van der Waals surface area contributed by atoms with Crippen molar-refractivity contribution in [1.82, 2.24) is 0 Å². The molecule has 2 heteroatoms. The van der Waals surface area contributed by atoms with Crippen LogP contribution in [0.5, 0.6) is 0 Å². The van der Waals surface area contributed by atoms with Crippen LogP contribution in [0.1, 0.15) is 25.0 Å². The molecule has 2 nitrogen and oxygen atoms in total. The van der Waals surface area contributed by atoms with E-state index in [2.05, 4.69) is 213 Å². The lowest BCUT2D eigenvalue weighted by molar-refractivity contribution is 0.660. The third-order valence-corrected chi connectivity index (χ3v) is 12.0. The minimum absolute atomic E-state index is 0.131. The van der Waals surface area contributed by atoms with E-state index in [-0.39, 0.29) is 5.41 Å². The molecule has 1 aromatic heterocycles. The monoisotopic (exact) mass is 729 g/mol. The van der Waals surface area contributed by atoms with Crippen LogP contribution in [0, 0.1) is 0 Å². The summed E-state index contributed by atoms with van der Waals surface area (Å²) in [4.78, 5) is 2.46. The SMILES string of the molecule is CC1(C)c2ccccc2-c2ccc(-c3c(-c4ccccc4)cccc3N(c3cccc(-c4cccc5oc6ccccc6c45)c3)c3ccc4ccccc4c3)cc21. The van der Waals surface area contributed by atoms with Crippen molar-refractivity contribution in [2.24, 2.45) is 0 Å². The van der Waals surface area contributed by atoms with Gasteiger partial charge in [-0.15, -0.1) is 0 Å². The summed E-state index contributed by atoms with van der Waals surface area (Å²) < 4.78 is 6.35. The number of hydrogen-bond acceptors (Lipinski definition) is 2. The molecule has 0 unspecified atom stereocenters. The van der Waals surface area contributed by atoms with Crippen molar-refractivity contribution in [1.29, 1.82) is 0 Å². The summed E-state index contributed by atoms with van der Waals surface area (Å²) in [5.41, 5.74) is 17.4. The molecule has 0 amide bonds. The van der Waals surface area contributed by atoms with Gasteiger partial charge in [-0.1, -0.05) is 166 Å². The minimum atomic E-state index is -0.131. The van der Waals surface area contributed by atoms with Gasteiger partial charge in [-0.05, 0) is 109 Å². The molecule has 0 fully saturated rings. The van der Waals surface area contributed by atoms with Gasteiger partial charge >= 0.3 is 0 Å². The standard InChI is InChI=1S/C55H39NO/c1-55(2)48-25-10-8-21-45(48)46-32-30-40(35-49(46)55)53-43(37-16-4-3-5-17-37)23-13-26-50(53)56(42-31-29-36-15-6-7-18-38(36)33-42)41-20-12-19-39(34-41)44-24-14-28-52-54(44)47-22-9-11-27-51(47)57-52/h3-35H,1-2H3. The fourth-order valence-electron chi connectivity index (χ4n) is 9.32. The van der Waals surface area contributed by atoms with E-state index in [1.807, 2.05) is 6.07 Å². The molecule has 0 bridgehead atoms. The fourth-order valence-corrected chi connectivity index (χ4v) is 9.32. The molecule has 0 atom stereocenters. The number of nitrogens with zero attached hydrogens (tertiary/aromatic N) is 1. The molecule has 11 rings (SSSR count). The van der Waals surface area contributed by atoms with Crippen molar-refractivity contribution in [2.75, 3.05) is 4.90 Å². The molecule has 0 aliphatic heterocycles. The Kier molecular flexibility index (Phi) is 7.55. The van der Waals surface area contributed by atoms with Crippen LogP contribution < -0.4 is 4.90 Å². The lowest BCUT2D eigenvalue weighted by Gasteiger charge is -2.30. The van der Waals surface area contributed by atoms with Gasteiger partial charge in [0.25, 0.3) is 0 Å². The molecule has 0 spiro atoms. The van der Waals surface area contributed by atoms with E-state index in [0.29, 0.717) is 0 Å². The zero-order valence-electron chi connectivity index (χ0n) is 31.9. The van der Waals surface area contributed by atoms with Crippen LogP contribution in [0.4, 0.5) is 17.1 Å². The maximum Gasteiger partial charge on any atom is 0.136 e. The van der Waals surface area contributed by atoms with Gasteiger partial charge in [0, 0.05) is 33.1 Å². The van der Waals surface area contributed by atoms with E-state index in [1.165, 1.54) is 55.3 Å². The summed E-state index contributed by atoms with van der Waals surface area (Å²) in [5.74, 6) is 0. The predicted octanol–water partition coefficient (Wildman–Crippen LogP) is 15.5. The summed E-state index contributed by atoms with van der Waals surface area (Å²) >= 11 is 0. The molecular formula is C55H39NO. The fraction of sp³-hybridized carbons (Fsp3) is 0.0545. The number of furan rings is 1. The number of anilines is 3. The van der Waals surface area contributed by atoms with E-state index in [1.54, 1.807) is 0 Å². The zero-order chi connectivity index (χ0) is 38.1. The van der Waals surface area contributed by atoms with E-state index in [4.69, 9.17) is 4.42 Å². The van der Waals surface area contributed by atoms with Crippen molar-refractivity contribution >= 4 is 49.8 Å². The van der Waals surface area contributed by atoms with Crippen molar-refractivity contribution in [3.8, 4) is 44.5 Å². The van der Waals surface area contributed by atoms with E-state index in [0.717, 1.165) is 50.1 Å². The Morgan fingerprint density at radius 1 is 0.404 bits per heavy atom. The maximum absolute atomic E-state index is 6.35. The molecule has 0 radical (unpaired) electrons. The first kappa shape index (κ1) is 33.2. The molecule has 1 aliphatic carbocycles. The Morgan fingerprint density at radius 3 is 1.98 bits per heavy atom. The van der Waals surface area contributed by atoms with Crippen molar-refractivity contribution in [3.05, 3.63) is 211 Å². The summed E-state index contributed by atoms with van der Waals surface area (Å²) in [6.45, 7) is 4.73. The van der Waals surface area contributed by atoms with E-state index in [9.17, 15) is 0 Å². The van der Waals surface area contributed by atoms with E-state index < -0.39 is 0 Å². The summed E-state index contributed by atoms with van der Waals surface area (Å²) in [6, 6.07) is 72.8. The molecule has 9 aromatic carbocycles. The Bertz CT molecular complexity index is 3170. The summed E-state index contributed by atoms with van der Waals surface area (Å²) in [6.07, 6.45) is 0. The Morgan fingerprint density at radius 2 is 1.07 bits per heavy atom. The second-order valence-corrected chi connectivity index (χ2v) is 15.7. The molecule has 1 aliphatic rings. The molecule has 0 saturated heterocycles. The van der Waals surface area contributed by atoms with Gasteiger partial charge in [0.05, 0.1) is 5.69 Å². The highest BCUT2D eigenvalue weighted by Crippen LogP contribution is 2.52. The number of rotatable bonds is 6. The number of para-hydroxylation sites is 1. The predicted molar refractivity (Wildman–Crippen MR) is 240 cm³/mol. The Labute approximate surface area is 332 Å². The van der Waals surface area contributed by atoms with Crippen molar-refractivity contribution < 1.29 is 4.42 Å². The zero-order valence-corrected chi connectivity index (χ0v) is 31.9. The smallest absolute Gasteiger partial charge is 0.136 e. The normalized spacial score (nSPS) is 12.9. The van der Waals surface area contributed by atoms with Gasteiger partial charge in [-0.25, -0.2) is 0 Å². The highest BCUT2D eigenvalue weighted by atomic mass is 16.3. The molecule has 0 N–H and O–H groups in total. The van der Waals surface area contributed by atoms with Crippen molar-refractivity contribution in [2.45, 2.75) is 19.3 Å². The van der Waals surface area contributed by atoms with Gasteiger partial charge < -0.3 is 9.32 Å². The molecule has 270 valence electrons. The van der Waals surface area contributed by atoms with Crippen LogP contribution >= 0.6 is 0 Å². The first-order valence-corrected chi connectivity index (χ1v) is 19.8. The number of benzene rings is 9. The molecule has 10 aromatic rings. The lowest BCUT2D eigenvalue weighted by atomic mass is 9.81. The summed E-state index contributed by atoms with van der Waals surface area (Å²) in [7, 11) is 0. The highest BCUT2D eigenvalue weighted by molar-refractivity contribution is 6.12. The van der Waals surface area contributed by atoms with Gasteiger partial charge in [-0.2, -0.15) is 0 Å². The van der Waals surface area contributed by atoms with E-state index >= 15 is 0 Å². The third-order valence-electron chi connectivity index (χ3n) is 12.0. The second-order valence-electron chi connectivity index (χ2n) is 15.7. The second kappa shape index (κ2) is 13.0. The molecular weight excluding hydrogens is 691 g/mol. The molecule has 0 saturated carbocycles. The molecule has 1 heterocycles.